The Kier molecular flexibility index (Phi) is 4.73. The lowest BCUT2D eigenvalue weighted by molar-refractivity contribution is 0.224. The van der Waals surface area contributed by atoms with Gasteiger partial charge in [-0.05, 0) is 19.1 Å². The van der Waals surface area contributed by atoms with Crippen LogP contribution in [-0.4, -0.2) is 17.8 Å². The summed E-state index contributed by atoms with van der Waals surface area (Å²) in [5, 5.41) is 7.22. The summed E-state index contributed by atoms with van der Waals surface area (Å²) in [6.45, 7) is 5.97. The zero-order valence-electron chi connectivity index (χ0n) is 9.50. The normalized spacial score (nSPS) is 14.4. The number of alkyl halides is 2. The first-order chi connectivity index (χ1) is 7.66. The minimum absolute atomic E-state index is 0.133. The first-order valence-corrected chi connectivity index (χ1v) is 5.96. The first kappa shape index (κ1) is 13.0. The van der Waals surface area contributed by atoms with Gasteiger partial charge in [0, 0.05) is 11.3 Å². The average Bonchev–Trinajstić information content (AvgIpc) is 2.88. The van der Waals surface area contributed by atoms with Gasteiger partial charge >= 0.3 is 0 Å². The second kappa shape index (κ2) is 5.84. The Morgan fingerprint density at radius 1 is 1.25 bits per heavy atom. The number of hydrogen-bond acceptors (Lipinski definition) is 3. The third kappa shape index (κ3) is 2.95. The van der Waals surface area contributed by atoms with E-state index in [0.29, 0.717) is 5.71 Å². The molecule has 2 nitrogen and oxygen atoms in total. The summed E-state index contributed by atoms with van der Waals surface area (Å²) in [5.41, 5.74) is 0.518. The fourth-order valence-electron chi connectivity index (χ4n) is 1.21. The molecule has 0 saturated carbocycles. The van der Waals surface area contributed by atoms with Gasteiger partial charge < -0.3 is 0 Å². The third-order valence-corrected chi connectivity index (χ3v) is 2.97. The number of thiophene rings is 1. The summed E-state index contributed by atoms with van der Waals surface area (Å²) < 4.78 is 24.5. The molecule has 1 aliphatic rings. The van der Waals surface area contributed by atoms with Crippen LogP contribution in [0.15, 0.2) is 22.3 Å². The lowest BCUT2D eigenvalue weighted by atomic mass is 10.2. The van der Waals surface area contributed by atoms with E-state index in [1.54, 1.807) is 11.3 Å². The SMILES string of the molecule is CC.Cc1ccc(C2=NN=C(C(F)F)C2)s1. The van der Waals surface area contributed by atoms with Crippen LogP contribution in [0.3, 0.4) is 0 Å². The summed E-state index contributed by atoms with van der Waals surface area (Å²) in [4.78, 5) is 2.08. The molecule has 0 aromatic carbocycles. The molecule has 0 atom stereocenters. The van der Waals surface area contributed by atoms with Gasteiger partial charge in [-0.2, -0.15) is 10.2 Å². The molecule has 88 valence electrons. The quantitative estimate of drug-likeness (QED) is 0.754. The Morgan fingerprint density at radius 2 is 1.94 bits per heavy atom. The highest BCUT2D eigenvalue weighted by Crippen LogP contribution is 2.21. The maximum atomic E-state index is 12.2. The Labute approximate surface area is 97.7 Å². The van der Waals surface area contributed by atoms with E-state index in [4.69, 9.17) is 0 Å². The summed E-state index contributed by atoms with van der Waals surface area (Å²) in [5.74, 6) is 0. The number of rotatable bonds is 2. The van der Waals surface area contributed by atoms with Crippen molar-refractivity contribution in [2.75, 3.05) is 0 Å². The Morgan fingerprint density at radius 3 is 2.38 bits per heavy atom. The Bertz CT molecular complexity index is 408. The Hall–Kier alpha value is -1.10. The number of hydrogen-bond donors (Lipinski definition) is 0. The third-order valence-electron chi connectivity index (χ3n) is 1.92. The van der Waals surface area contributed by atoms with E-state index >= 15 is 0 Å². The fourth-order valence-corrected chi connectivity index (χ4v) is 2.06. The van der Waals surface area contributed by atoms with Gasteiger partial charge in [-0.25, -0.2) is 8.78 Å². The molecule has 0 amide bonds. The van der Waals surface area contributed by atoms with Crippen LogP contribution in [0.4, 0.5) is 8.78 Å². The van der Waals surface area contributed by atoms with Crippen LogP contribution < -0.4 is 0 Å². The summed E-state index contributed by atoms with van der Waals surface area (Å²) >= 11 is 1.55. The van der Waals surface area contributed by atoms with Crippen molar-refractivity contribution in [2.24, 2.45) is 10.2 Å². The molecule has 0 radical (unpaired) electrons. The number of aryl methyl sites for hydroxylation is 1. The topological polar surface area (TPSA) is 24.7 Å². The van der Waals surface area contributed by atoms with Gasteiger partial charge in [0.2, 0.25) is 0 Å². The maximum absolute atomic E-state index is 12.2. The van der Waals surface area contributed by atoms with Crippen LogP contribution in [0.1, 0.15) is 30.0 Å². The van der Waals surface area contributed by atoms with Gasteiger partial charge in [0.15, 0.2) is 0 Å². The second-order valence-corrected chi connectivity index (χ2v) is 4.31. The van der Waals surface area contributed by atoms with Gasteiger partial charge in [0.25, 0.3) is 6.43 Å². The van der Waals surface area contributed by atoms with Gasteiger partial charge in [-0.3, -0.25) is 0 Å². The van der Waals surface area contributed by atoms with Crippen molar-refractivity contribution in [3.05, 3.63) is 21.9 Å². The molecule has 0 bridgehead atoms. The van der Waals surface area contributed by atoms with E-state index in [1.807, 2.05) is 32.9 Å². The predicted octanol–water partition coefficient (Wildman–Crippen LogP) is 3.90. The van der Waals surface area contributed by atoms with E-state index < -0.39 is 6.43 Å². The van der Waals surface area contributed by atoms with E-state index in [0.717, 1.165) is 9.75 Å². The van der Waals surface area contributed by atoms with Crippen LogP contribution in [-0.2, 0) is 0 Å². The molecule has 0 N–H and O–H groups in total. The molecule has 5 heteroatoms. The molecule has 0 saturated heterocycles. The second-order valence-electron chi connectivity index (χ2n) is 3.03. The van der Waals surface area contributed by atoms with Crippen molar-refractivity contribution in [2.45, 2.75) is 33.6 Å². The van der Waals surface area contributed by atoms with Crippen molar-refractivity contribution >= 4 is 22.8 Å². The largest absolute Gasteiger partial charge is 0.278 e. The lowest BCUT2D eigenvalue weighted by Gasteiger charge is -1.96. The molecule has 1 aromatic rings. The Balaban J connectivity index is 0.000000606. The molecule has 0 fully saturated rings. The minimum atomic E-state index is -2.49. The van der Waals surface area contributed by atoms with E-state index in [1.165, 1.54) is 0 Å². The van der Waals surface area contributed by atoms with Crippen LogP contribution >= 0.6 is 11.3 Å². The number of halogens is 2. The van der Waals surface area contributed by atoms with Gasteiger partial charge in [-0.1, -0.05) is 13.8 Å². The molecule has 0 spiro atoms. The highest BCUT2D eigenvalue weighted by atomic mass is 32.1. The van der Waals surface area contributed by atoms with Crippen LogP contribution in [0.2, 0.25) is 0 Å². The van der Waals surface area contributed by atoms with Crippen LogP contribution in [0.25, 0.3) is 0 Å². The fraction of sp³-hybridized carbons (Fsp3) is 0.455. The van der Waals surface area contributed by atoms with E-state index in [9.17, 15) is 8.78 Å². The average molecular weight is 244 g/mol. The van der Waals surface area contributed by atoms with Crippen molar-refractivity contribution in [3.8, 4) is 0 Å². The summed E-state index contributed by atoms with van der Waals surface area (Å²) in [6.07, 6.45) is -2.31. The van der Waals surface area contributed by atoms with Crippen molar-refractivity contribution in [1.29, 1.82) is 0 Å². The number of nitrogens with zero attached hydrogens (tertiary/aromatic N) is 2. The van der Waals surface area contributed by atoms with Crippen molar-refractivity contribution in [1.82, 2.24) is 0 Å². The standard InChI is InChI=1S/C9H8F2N2S.C2H6/c1-5-2-3-8(14-5)6-4-7(9(10)11)13-12-6;1-2/h2-3,9H,4H2,1H3;1-2H3. The molecule has 0 aliphatic carbocycles. The van der Waals surface area contributed by atoms with E-state index in [2.05, 4.69) is 10.2 Å². The van der Waals surface area contributed by atoms with E-state index in [-0.39, 0.29) is 12.1 Å². The lowest BCUT2D eigenvalue weighted by Crippen LogP contribution is -2.10. The molecule has 1 aliphatic heterocycles. The molecule has 2 heterocycles. The van der Waals surface area contributed by atoms with Gasteiger partial charge in [0.1, 0.15) is 5.71 Å². The first-order valence-electron chi connectivity index (χ1n) is 5.15. The zero-order chi connectivity index (χ0) is 12.1. The highest BCUT2D eigenvalue weighted by molar-refractivity contribution is 7.14. The van der Waals surface area contributed by atoms with Crippen LogP contribution in [0, 0.1) is 6.92 Å². The van der Waals surface area contributed by atoms with Crippen molar-refractivity contribution < 1.29 is 8.78 Å². The maximum Gasteiger partial charge on any atom is 0.278 e. The highest BCUT2D eigenvalue weighted by Gasteiger charge is 2.22. The summed E-state index contributed by atoms with van der Waals surface area (Å²) in [7, 11) is 0. The molecular weight excluding hydrogens is 230 g/mol. The van der Waals surface area contributed by atoms with Crippen molar-refractivity contribution in [3.63, 3.8) is 0 Å². The summed E-state index contributed by atoms with van der Waals surface area (Å²) in [6, 6.07) is 3.84. The predicted molar refractivity (Wildman–Crippen MR) is 65.0 cm³/mol. The van der Waals surface area contributed by atoms with Gasteiger partial charge in [0.05, 0.1) is 10.6 Å². The molecular formula is C11H14F2N2S. The smallest absolute Gasteiger partial charge is 0.204 e. The van der Waals surface area contributed by atoms with Gasteiger partial charge in [-0.15, -0.1) is 11.3 Å². The van der Waals surface area contributed by atoms with Crippen LogP contribution in [0.5, 0.6) is 0 Å². The molecule has 1 aromatic heterocycles. The molecule has 0 unspecified atom stereocenters. The molecule has 2 rings (SSSR count). The monoisotopic (exact) mass is 244 g/mol. The molecule has 16 heavy (non-hydrogen) atoms. The zero-order valence-corrected chi connectivity index (χ0v) is 10.3. The minimum Gasteiger partial charge on any atom is -0.204 e.